The van der Waals surface area contributed by atoms with E-state index >= 15 is 0 Å². The van der Waals surface area contributed by atoms with Crippen molar-refractivity contribution < 1.29 is 14.3 Å². The molecule has 0 spiro atoms. The molecule has 1 saturated carbocycles. The first-order chi connectivity index (χ1) is 10.3. The average Bonchev–Trinajstić information content (AvgIpc) is 3.01. The summed E-state index contributed by atoms with van der Waals surface area (Å²) in [5.41, 5.74) is 4.29. The number of hydrogen-bond acceptors (Lipinski definition) is 5. The number of hydrogen-bond donors (Lipinski definition) is 1. The lowest BCUT2D eigenvalue weighted by molar-refractivity contribution is 0.201. The molecular weight excluding hydrogens is 288 g/mol. The Morgan fingerprint density at radius 1 is 1.29 bits per heavy atom. The summed E-state index contributed by atoms with van der Waals surface area (Å²) in [6.07, 6.45) is 4.92. The van der Waals surface area contributed by atoms with Crippen LogP contribution in [0.1, 0.15) is 31.2 Å². The number of benzene rings is 1. The predicted octanol–water partition coefficient (Wildman–Crippen LogP) is 3.18. The van der Waals surface area contributed by atoms with Crippen LogP contribution in [0.15, 0.2) is 23.3 Å². The van der Waals surface area contributed by atoms with E-state index in [0.717, 1.165) is 35.6 Å². The minimum Gasteiger partial charge on any atom is -0.493 e. The summed E-state index contributed by atoms with van der Waals surface area (Å²) in [6.45, 7) is 0. The summed E-state index contributed by atoms with van der Waals surface area (Å²) in [7, 11) is 1.64. The molecule has 1 fully saturated rings. The monoisotopic (exact) mass is 306 g/mol. The van der Waals surface area contributed by atoms with E-state index in [2.05, 4.69) is 10.5 Å². The Labute approximate surface area is 128 Å². The average molecular weight is 306 g/mol. The van der Waals surface area contributed by atoms with Gasteiger partial charge in [0.25, 0.3) is 5.24 Å². The van der Waals surface area contributed by atoms with Gasteiger partial charge in [0.15, 0.2) is 11.5 Å². The lowest BCUT2D eigenvalue weighted by atomic mass is 10.1. The Morgan fingerprint density at radius 3 is 2.76 bits per heavy atom. The second kappa shape index (κ2) is 6.39. The van der Waals surface area contributed by atoms with E-state index in [-0.39, 0.29) is 11.3 Å². The number of rotatable bonds is 4. The molecule has 1 aliphatic heterocycles. The lowest BCUT2D eigenvalue weighted by Gasteiger charge is -2.18. The molecule has 1 N–H and O–H groups in total. The quantitative estimate of drug-likeness (QED) is 0.928. The Balaban J connectivity index is 1.83. The van der Waals surface area contributed by atoms with E-state index in [1.807, 2.05) is 18.2 Å². The summed E-state index contributed by atoms with van der Waals surface area (Å²) >= 11 is 1.22. The highest BCUT2D eigenvalue weighted by molar-refractivity contribution is 8.14. The smallest absolute Gasteiger partial charge is 0.299 e. The van der Waals surface area contributed by atoms with Gasteiger partial charge in [-0.05, 0) is 43.9 Å². The molecule has 1 aromatic rings. The fourth-order valence-electron chi connectivity index (χ4n) is 2.59. The number of nitrogens with zero attached hydrogens (tertiary/aromatic N) is 1. The standard InChI is InChI=1S/C15H18N2O3S/c1-19-13-7-6-10(12-9-21-15(18)17-16-12)8-14(13)20-11-4-2-3-5-11/h6-8,11H,2-5,9H2,1H3,(H,17,18). The second-order valence-corrected chi connectivity index (χ2v) is 6.08. The highest BCUT2D eigenvalue weighted by atomic mass is 32.2. The van der Waals surface area contributed by atoms with Gasteiger partial charge in [-0.3, -0.25) is 4.79 Å². The number of nitrogens with one attached hydrogen (secondary N) is 1. The first kappa shape index (κ1) is 14.3. The number of amides is 1. The van der Waals surface area contributed by atoms with E-state index in [1.165, 1.54) is 24.6 Å². The molecule has 0 radical (unpaired) electrons. The second-order valence-electron chi connectivity index (χ2n) is 5.14. The Hall–Kier alpha value is -1.69. The zero-order valence-corrected chi connectivity index (χ0v) is 12.7. The van der Waals surface area contributed by atoms with Crippen molar-refractivity contribution in [2.75, 3.05) is 12.9 Å². The van der Waals surface area contributed by atoms with Gasteiger partial charge in [-0.25, -0.2) is 5.43 Å². The fraction of sp³-hybridized carbons (Fsp3) is 0.467. The van der Waals surface area contributed by atoms with Crippen molar-refractivity contribution in [2.24, 2.45) is 5.10 Å². The van der Waals surface area contributed by atoms with Crippen LogP contribution in [0, 0.1) is 0 Å². The van der Waals surface area contributed by atoms with E-state index in [4.69, 9.17) is 9.47 Å². The highest BCUT2D eigenvalue weighted by Gasteiger charge is 2.20. The zero-order valence-electron chi connectivity index (χ0n) is 11.9. The number of thioether (sulfide) groups is 1. The lowest BCUT2D eigenvalue weighted by Crippen LogP contribution is -2.23. The van der Waals surface area contributed by atoms with Crippen LogP contribution >= 0.6 is 11.8 Å². The van der Waals surface area contributed by atoms with Crippen LogP contribution in [-0.2, 0) is 0 Å². The molecule has 21 heavy (non-hydrogen) atoms. The topological polar surface area (TPSA) is 59.9 Å². The number of methoxy groups -OCH3 is 1. The maximum absolute atomic E-state index is 11.1. The minimum atomic E-state index is -0.116. The van der Waals surface area contributed by atoms with Gasteiger partial charge in [0.2, 0.25) is 0 Å². The van der Waals surface area contributed by atoms with Gasteiger partial charge in [0.05, 0.1) is 18.9 Å². The Kier molecular flexibility index (Phi) is 4.34. The molecule has 1 aromatic carbocycles. The van der Waals surface area contributed by atoms with Gasteiger partial charge in [0, 0.05) is 11.3 Å². The maximum Gasteiger partial charge on any atom is 0.299 e. The molecule has 0 unspecified atom stereocenters. The van der Waals surface area contributed by atoms with Crippen LogP contribution in [0.3, 0.4) is 0 Å². The summed E-state index contributed by atoms with van der Waals surface area (Å²) in [4.78, 5) is 11.1. The van der Waals surface area contributed by atoms with Crippen LogP contribution in [0.5, 0.6) is 11.5 Å². The zero-order chi connectivity index (χ0) is 14.7. The van der Waals surface area contributed by atoms with Gasteiger partial charge in [-0.2, -0.15) is 5.10 Å². The molecule has 0 saturated heterocycles. The number of hydrazone groups is 1. The van der Waals surface area contributed by atoms with Crippen LogP contribution in [0.25, 0.3) is 0 Å². The summed E-state index contributed by atoms with van der Waals surface area (Å²) in [6, 6.07) is 5.79. The molecular formula is C15H18N2O3S. The van der Waals surface area contributed by atoms with Gasteiger partial charge in [0.1, 0.15) is 0 Å². The molecule has 112 valence electrons. The summed E-state index contributed by atoms with van der Waals surface area (Å²) < 4.78 is 11.5. The summed E-state index contributed by atoms with van der Waals surface area (Å²) in [5.74, 6) is 2.06. The van der Waals surface area contributed by atoms with Crippen molar-refractivity contribution in [2.45, 2.75) is 31.8 Å². The summed E-state index contributed by atoms with van der Waals surface area (Å²) in [5, 5.41) is 3.99. The van der Waals surface area contributed by atoms with E-state index in [0.29, 0.717) is 5.75 Å². The minimum absolute atomic E-state index is 0.116. The van der Waals surface area contributed by atoms with E-state index in [1.54, 1.807) is 7.11 Å². The molecule has 1 amide bonds. The number of carbonyl (C=O) groups is 1. The van der Waals surface area contributed by atoms with Crippen LogP contribution < -0.4 is 14.9 Å². The first-order valence-corrected chi connectivity index (χ1v) is 8.09. The normalized spacial score (nSPS) is 19.1. The number of ether oxygens (including phenoxy) is 2. The first-order valence-electron chi connectivity index (χ1n) is 7.10. The van der Waals surface area contributed by atoms with Crippen molar-refractivity contribution in [3.05, 3.63) is 23.8 Å². The van der Waals surface area contributed by atoms with Crippen LogP contribution in [0.2, 0.25) is 0 Å². The Morgan fingerprint density at radius 2 is 2.10 bits per heavy atom. The third kappa shape index (κ3) is 3.32. The number of carbonyl (C=O) groups excluding carboxylic acids is 1. The van der Waals surface area contributed by atoms with Gasteiger partial charge >= 0.3 is 0 Å². The van der Waals surface area contributed by atoms with E-state index in [9.17, 15) is 4.79 Å². The predicted molar refractivity (Wildman–Crippen MR) is 83.4 cm³/mol. The van der Waals surface area contributed by atoms with Crippen molar-refractivity contribution in [3.63, 3.8) is 0 Å². The maximum atomic E-state index is 11.1. The molecule has 3 rings (SSSR count). The SMILES string of the molecule is COc1ccc(C2=NNC(=O)SC2)cc1OC1CCCC1. The van der Waals surface area contributed by atoms with Gasteiger partial charge in [-0.1, -0.05) is 11.8 Å². The molecule has 5 nitrogen and oxygen atoms in total. The van der Waals surface area contributed by atoms with Crippen molar-refractivity contribution in [3.8, 4) is 11.5 Å². The molecule has 0 atom stereocenters. The third-order valence-corrected chi connectivity index (χ3v) is 4.49. The third-order valence-electron chi connectivity index (χ3n) is 3.71. The van der Waals surface area contributed by atoms with Gasteiger partial charge < -0.3 is 9.47 Å². The van der Waals surface area contributed by atoms with Crippen molar-refractivity contribution >= 4 is 22.7 Å². The molecule has 1 aliphatic carbocycles. The van der Waals surface area contributed by atoms with Gasteiger partial charge in [-0.15, -0.1) is 0 Å². The highest BCUT2D eigenvalue weighted by Crippen LogP contribution is 2.33. The fourth-order valence-corrected chi connectivity index (χ4v) is 3.20. The molecule has 1 heterocycles. The molecule has 0 aromatic heterocycles. The molecule has 6 heteroatoms. The van der Waals surface area contributed by atoms with Crippen molar-refractivity contribution in [1.82, 2.24) is 5.43 Å². The molecule has 0 bridgehead atoms. The van der Waals surface area contributed by atoms with Crippen LogP contribution in [0.4, 0.5) is 4.79 Å². The Bertz CT molecular complexity index is 568. The largest absolute Gasteiger partial charge is 0.493 e. The van der Waals surface area contributed by atoms with Crippen LogP contribution in [-0.4, -0.2) is 29.9 Å². The van der Waals surface area contributed by atoms with Crippen molar-refractivity contribution in [1.29, 1.82) is 0 Å². The van der Waals surface area contributed by atoms with E-state index < -0.39 is 0 Å². The molecule has 2 aliphatic rings.